The molecule has 0 fully saturated rings. The molecule has 2 nitrogen and oxygen atoms in total. The van der Waals surface area contributed by atoms with Crippen molar-refractivity contribution in [3.63, 3.8) is 0 Å². The zero-order valence-electron chi connectivity index (χ0n) is 14.3. The zero-order valence-corrected chi connectivity index (χ0v) is 14.3. The molecule has 21 heavy (non-hydrogen) atoms. The van der Waals surface area contributed by atoms with E-state index < -0.39 is 0 Å². The SMILES string of the molecule is C/C(C#N)=C\c1ccc(N(CC(C)C)CC(C)C)cc1C. The average molecular weight is 284 g/mol. The van der Waals surface area contributed by atoms with Crippen LogP contribution < -0.4 is 4.90 Å². The fraction of sp³-hybridized carbons (Fsp3) is 0.526. The lowest BCUT2D eigenvalue weighted by atomic mass is 10.0. The molecule has 1 aromatic carbocycles. The van der Waals surface area contributed by atoms with E-state index in [1.165, 1.54) is 11.3 Å². The predicted octanol–water partition coefficient (Wildman–Crippen LogP) is 5.04. The van der Waals surface area contributed by atoms with Gasteiger partial charge in [0.2, 0.25) is 0 Å². The number of anilines is 1. The van der Waals surface area contributed by atoms with Crippen LogP contribution in [0.1, 0.15) is 45.7 Å². The molecule has 0 radical (unpaired) electrons. The normalized spacial score (nSPS) is 11.9. The molecule has 0 saturated heterocycles. The number of hydrogen-bond acceptors (Lipinski definition) is 2. The van der Waals surface area contributed by atoms with Crippen molar-refractivity contribution in [2.24, 2.45) is 11.8 Å². The van der Waals surface area contributed by atoms with E-state index in [0.29, 0.717) is 11.8 Å². The first-order valence-corrected chi connectivity index (χ1v) is 7.77. The number of allylic oxidation sites excluding steroid dienone is 1. The summed E-state index contributed by atoms with van der Waals surface area (Å²) in [6.07, 6.45) is 1.95. The van der Waals surface area contributed by atoms with Crippen molar-refractivity contribution in [3.8, 4) is 6.07 Å². The molecule has 0 aliphatic rings. The van der Waals surface area contributed by atoms with Crippen LogP contribution in [0.25, 0.3) is 6.08 Å². The molecule has 0 heterocycles. The minimum atomic E-state index is 0.643. The number of nitrogens with zero attached hydrogens (tertiary/aromatic N) is 2. The van der Waals surface area contributed by atoms with E-state index >= 15 is 0 Å². The highest BCUT2D eigenvalue weighted by Gasteiger charge is 2.11. The topological polar surface area (TPSA) is 27.0 Å². The molecule has 0 unspecified atom stereocenters. The standard InChI is InChI=1S/C19H28N2/c1-14(2)12-21(13-15(3)4)19-8-7-18(17(6)10-19)9-16(5)11-20/h7-10,14-15H,12-13H2,1-6H3/b16-9+. The zero-order chi connectivity index (χ0) is 16.0. The van der Waals surface area contributed by atoms with Gasteiger partial charge in [0.15, 0.2) is 0 Å². The van der Waals surface area contributed by atoms with E-state index in [-0.39, 0.29) is 0 Å². The second-order valence-electron chi connectivity index (χ2n) is 6.67. The fourth-order valence-corrected chi connectivity index (χ4v) is 2.45. The van der Waals surface area contributed by atoms with Gasteiger partial charge in [0.1, 0.15) is 0 Å². The lowest BCUT2D eigenvalue weighted by Crippen LogP contribution is -2.31. The highest BCUT2D eigenvalue weighted by Crippen LogP contribution is 2.23. The van der Waals surface area contributed by atoms with Gasteiger partial charge in [0.25, 0.3) is 0 Å². The average Bonchev–Trinajstić information content (AvgIpc) is 2.39. The Kier molecular flexibility index (Phi) is 6.49. The van der Waals surface area contributed by atoms with Gasteiger partial charge in [0.05, 0.1) is 6.07 Å². The third-order valence-electron chi connectivity index (χ3n) is 3.34. The first-order valence-electron chi connectivity index (χ1n) is 7.77. The van der Waals surface area contributed by atoms with E-state index in [0.717, 1.165) is 24.2 Å². The van der Waals surface area contributed by atoms with Crippen LogP contribution in [0.3, 0.4) is 0 Å². The Bertz CT molecular complexity index is 523. The summed E-state index contributed by atoms with van der Waals surface area (Å²) in [4.78, 5) is 2.47. The molecular formula is C19H28N2. The van der Waals surface area contributed by atoms with Gasteiger partial charge < -0.3 is 4.90 Å². The summed E-state index contributed by atoms with van der Waals surface area (Å²) in [5.74, 6) is 1.29. The maximum Gasteiger partial charge on any atom is 0.0944 e. The van der Waals surface area contributed by atoms with Crippen molar-refractivity contribution in [1.29, 1.82) is 5.26 Å². The lowest BCUT2D eigenvalue weighted by Gasteiger charge is -2.29. The number of aryl methyl sites for hydroxylation is 1. The van der Waals surface area contributed by atoms with Gasteiger partial charge in [-0.3, -0.25) is 0 Å². The molecule has 1 aromatic rings. The number of rotatable bonds is 6. The van der Waals surface area contributed by atoms with Crippen molar-refractivity contribution in [1.82, 2.24) is 0 Å². The molecule has 0 bridgehead atoms. The van der Waals surface area contributed by atoms with Gasteiger partial charge in [-0.05, 0) is 55.0 Å². The number of nitriles is 1. The monoisotopic (exact) mass is 284 g/mol. The second kappa shape index (κ2) is 7.88. The summed E-state index contributed by atoms with van der Waals surface area (Å²) < 4.78 is 0. The van der Waals surface area contributed by atoms with Crippen molar-refractivity contribution in [2.75, 3.05) is 18.0 Å². The summed E-state index contributed by atoms with van der Waals surface area (Å²) in [6, 6.07) is 8.72. The summed E-state index contributed by atoms with van der Waals surface area (Å²) >= 11 is 0. The molecule has 2 heteroatoms. The summed E-state index contributed by atoms with van der Waals surface area (Å²) in [5.41, 5.74) is 4.38. The summed E-state index contributed by atoms with van der Waals surface area (Å²) in [7, 11) is 0. The van der Waals surface area contributed by atoms with Crippen molar-refractivity contribution in [2.45, 2.75) is 41.5 Å². The molecule has 0 aromatic heterocycles. The molecule has 1 rings (SSSR count). The second-order valence-corrected chi connectivity index (χ2v) is 6.67. The van der Waals surface area contributed by atoms with Crippen LogP contribution in [0.15, 0.2) is 23.8 Å². The number of benzene rings is 1. The highest BCUT2D eigenvalue weighted by molar-refractivity contribution is 5.63. The number of hydrogen-bond donors (Lipinski definition) is 0. The van der Waals surface area contributed by atoms with Crippen LogP contribution in [0, 0.1) is 30.1 Å². The maximum absolute atomic E-state index is 8.90. The van der Waals surface area contributed by atoms with Crippen LogP contribution in [0.2, 0.25) is 0 Å². The molecule has 0 N–H and O–H groups in total. The molecule has 0 spiro atoms. The molecule has 0 amide bonds. The maximum atomic E-state index is 8.90. The Morgan fingerprint density at radius 3 is 2.19 bits per heavy atom. The molecule has 0 saturated carbocycles. The van der Waals surface area contributed by atoms with Gasteiger partial charge in [0, 0.05) is 24.4 Å². The van der Waals surface area contributed by atoms with Gasteiger partial charge in [-0.25, -0.2) is 0 Å². The Morgan fingerprint density at radius 2 is 1.76 bits per heavy atom. The van der Waals surface area contributed by atoms with Crippen LogP contribution in [-0.4, -0.2) is 13.1 Å². The van der Waals surface area contributed by atoms with Crippen LogP contribution in [0.4, 0.5) is 5.69 Å². The minimum absolute atomic E-state index is 0.643. The van der Waals surface area contributed by atoms with Crippen molar-refractivity contribution >= 4 is 11.8 Å². The Hall–Kier alpha value is -1.75. The fourth-order valence-electron chi connectivity index (χ4n) is 2.45. The Labute approximate surface area is 130 Å². The van der Waals surface area contributed by atoms with E-state index in [4.69, 9.17) is 5.26 Å². The Morgan fingerprint density at radius 1 is 1.19 bits per heavy atom. The molecular weight excluding hydrogens is 256 g/mol. The van der Waals surface area contributed by atoms with E-state index in [1.807, 2.05) is 13.0 Å². The van der Waals surface area contributed by atoms with Crippen molar-refractivity contribution < 1.29 is 0 Å². The van der Waals surface area contributed by atoms with Crippen LogP contribution in [0.5, 0.6) is 0 Å². The molecule has 0 aliphatic carbocycles. The van der Waals surface area contributed by atoms with Gasteiger partial charge >= 0.3 is 0 Å². The molecule has 0 atom stereocenters. The largest absolute Gasteiger partial charge is 0.371 e. The van der Waals surface area contributed by atoms with Crippen LogP contribution in [-0.2, 0) is 0 Å². The van der Waals surface area contributed by atoms with Gasteiger partial charge in [-0.15, -0.1) is 0 Å². The smallest absolute Gasteiger partial charge is 0.0944 e. The summed E-state index contributed by atoms with van der Waals surface area (Å²) in [6.45, 7) is 15.1. The Balaban J connectivity index is 3.06. The first kappa shape index (κ1) is 17.3. The van der Waals surface area contributed by atoms with E-state index in [9.17, 15) is 0 Å². The minimum Gasteiger partial charge on any atom is -0.371 e. The van der Waals surface area contributed by atoms with Crippen molar-refractivity contribution in [3.05, 3.63) is 34.9 Å². The summed E-state index contributed by atoms with van der Waals surface area (Å²) in [5, 5.41) is 8.90. The van der Waals surface area contributed by atoms with Gasteiger partial charge in [-0.1, -0.05) is 33.8 Å². The quantitative estimate of drug-likeness (QED) is 0.684. The van der Waals surface area contributed by atoms with Crippen LogP contribution >= 0.6 is 0 Å². The molecule has 0 aliphatic heterocycles. The van der Waals surface area contributed by atoms with E-state index in [1.54, 1.807) is 0 Å². The molecule has 114 valence electrons. The lowest BCUT2D eigenvalue weighted by molar-refractivity contribution is 0.552. The van der Waals surface area contributed by atoms with E-state index in [2.05, 4.69) is 63.8 Å². The highest BCUT2D eigenvalue weighted by atomic mass is 15.1. The first-order chi connectivity index (χ1) is 9.83. The predicted molar refractivity (Wildman–Crippen MR) is 92.3 cm³/mol. The van der Waals surface area contributed by atoms with Gasteiger partial charge in [-0.2, -0.15) is 5.26 Å². The third-order valence-corrected chi connectivity index (χ3v) is 3.34. The third kappa shape index (κ3) is 5.63.